The number of aryl methyl sites for hydroxylation is 1. The molecule has 1 aliphatic heterocycles. The SMILES string of the molecule is Cc1c(Br)c(=O)n(C2CCCC2)c2nc(Nc3ccc(N4CCC(N)C4)c(F)c3)ncc12. The normalized spacial score (nSPS) is 19.2. The van der Waals surface area contributed by atoms with Crippen molar-refractivity contribution in [3.8, 4) is 0 Å². The van der Waals surface area contributed by atoms with Gasteiger partial charge in [-0.25, -0.2) is 9.37 Å². The van der Waals surface area contributed by atoms with Crippen molar-refractivity contribution in [3.05, 3.63) is 50.6 Å². The highest BCUT2D eigenvalue weighted by Gasteiger charge is 2.24. The van der Waals surface area contributed by atoms with Crippen molar-refractivity contribution in [1.82, 2.24) is 14.5 Å². The van der Waals surface area contributed by atoms with Crippen LogP contribution < -0.4 is 21.5 Å². The van der Waals surface area contributed by atoms with Gasteiger partial charge in [-0.3, -0.25) is 9.36 Å². The monoisotopic (exact) mass is 500 g/mol. The molecule has 32 heavy (non-hydrogen) atoms. The zero-order chi connectivity index (χ0) is 22.4. The van der Waals surface area contributed by atoms with Gasteiger partial charge in [0.05, 0.1) is 10.2 Å². The fraction of sp³-hybridized carbons (Fsp3) is 0.435. The van der Waals surface area contributed by atoms with E-state index < -0.39 is 0 Å². The van der Waals surface area contributed by atoms with E-state index in [2.05, 4.69) is 31.2 Å². The summed E-state index contributed by atoms with van der Waals surface area (Å²) in [5, 5.41) is 3.94. The van der Waals surface area contributed by atoms with Crippen LogP contribution in [0.4, 0.5) is 21.7 Å². The van der Waals surface area contributed by atoms with Gasteiger partial charge in [-0.05, 0) is 65.9 Å². The third-order valence-corrected chi connectivity index (χ3v) is 7.53. The number of hydrogen-bond acceptors (Lipinski definition) is 6. The highest BCUT2D eigenvalue weighted by molar-refractivity contribution is 9.10. The van der Waals surface area contributed by atoms with E-state index in [9.17, 15) is 9.18 Å². The lowest BCUT2D eigenvalue weighted by Crippen LogP contribution is -2.26. The molecule has 2 aromatic heterocycles. The third kappa shape index (κ3) is 3.77. The van der Waals surface area contributed by atoms with Gasteiger partial charge >= 0.3 is 0 Å². The smallest absolute Gasteiger partial charge is 0.267 e. The number of aromatic nitrogens is 3. The average molecular weight is 501 g/mol. The summed E-state index contributed by atoms with van der Waals surface area (Å²) in [6.07, 6.45) is 6.73. The van der Waals surface area contributed by atoms with Crippen LogP contribution in [0.2, 0.25) is 0 Å². The van der Waals surface area contributed by atoms with E-state index in [1.807, 2.05) is 17.9 Å². The minimum Gasteiger partial charge on any atom is -0.368 e. The summed E-state index contributed by atoms with van der Waals surface area (Å²) in [6, 6.07) is 5.23. The van der Waals surface area contributed by atoms with Crippen molar-refractivity contribution in [3.63, 3.8) is 0 Å². The predicted molar refractivity (Wildman–Crippen MR) is 128 cm³/mol. The molecule has 0 spiro atoms. The van der Waals surface area contributed by atoms with Crippen molar-refractivity contribution in [1.29, 1.82) is 0 Å². The quantitative estimate of drug-likeness (QED) is 0.551. The maximum absolute atomic E-state index is 14.8. The lowest BCUT2D eigenvalue weighted by molar-refractivity contribution is 0.514. The predicted octanol–water partition coefficient (Wildman–Crippen LogP) is 4.40. The minimum absolute atomic E-state index is 0.0641. The van der Waals surface area contributed by atoms with Crippen LogP contribution in [0.1, 0.15) is 43.7 Å². The van der Waals surface area contributed by atoms with Crippen molar-refractivity contribution in [2.45, 2.75) is 51.1 Å². The molecule has 2 fully saturated rings. The summed E-state index contributed by atoms with van der Waals surface area (Å²) in [5.74, 6) is 0.0215. The van der Waals surface area contributed by atoms with Crippen LogP contribution in [0, 0.1) is 12.7 Å². The molecule has 5 rings (SSSR count). The summed E-state index contributed by atoms with van der Waals surface area (Å²) in [4.78, 5) is 24.2. The molecule has 3 aromatic rings. The van der Waals surface area contributed by atoms with Gasteiger partial charge in [0.1, 0.15) is 11.5 Å². The Hall–Kier alpha value is -2.52. The van der Waals surface area contributed by atoms with Gasteiger partial charge in [-0.15, -0.1) is 0 Å². The van der Waals surface area contributed by atoms with Crippen molar-refractivity contribution in [2.24, 2.45) is 5.73 Å². The van der Waals surface area contributed by atoms with E-state index in [0.29, 0.717) is 34.0 Å². The van der Waals surface area contributed by atoms with Crippen LogP contribution in [0.3, 0.4) is 0 Å². The average Bonchev–Trinajstić information content (AvgIpc) is 3.45. The van der Waals surface area contributed by atoms with Crippen LogP contribution in [-0.4, -0.2) is 33.7 Å². The summed E-state index contributed by atoms with van der Waals surface area (Å²) in [5.41, 5.74) is 8.44. The first-order valence-electron chi connectivity index (χ1n) is 11.1. The Morgan fingerprint density at radius 2 is 2.03 bits per heavy atom. The number of nitrogens with two attached hydrogens (primary N) is 1. The molecule has 1 atom stereocenters. The molecule has 0 radical (unpaired) electrons. The summed E-state index contributed by atoms with van der Waals surface area (Å²) in [6.45, 7) is 3.30. The molecule has 0 bridgehead atoms. The number of fused-ring (bicyclic) bond motifs is 1. The number of halogens is 2. The van der Waals surface area contributed by atoms with Crippen LogP contribution in [0.25, 0.3) is 11.0 Å². The topological polar surface area (TPSA) is 89.1 Å². The van der Waals surface area contributed by atoms with Crippen molar-refractivity contribution >= 4 is 44.3 Å². The van der Waals surface area contributed by atoms with Crippen LogP contribution in [-0.2, 0) is 0 Å². The number of nitrogens with one attached hydrogen (secondary N) is 1. The Morgan fingerprint density at radius 3 is 2.72 bits per heavy atom. The number of pyridine rings is 1. The molecule has 9 heteroatoms. The maximum Gasteiger partial charge on any atom is 0.267 e. The molecule has 1 aliphatic carbocycles. The number of benzene rings is 1. The van der Waals surface area contributed by atoms with Gasteiger partial charge in [-0.1, -0.05) is 12.8 Å². The van der Waals surface area contributed by atoms with E-state index in [4.69, 9.17) is 5.73 Å². The molecule has 3 N–H and O–H groups in total. The summed E-state index contributed by atoms with van der Waals surface area (Å²) >= 11 is 3.46. The molecular formula is C23H26BrFN6O. The van der Waals surface area contributed by atoms with Gasteiger partial charge in [0.15, 0.2) is 0 Å². The minimum atomic E-state index is -0.312. The Bertz CT molecular complexity index is 1240. The van der Waals surface area contributed by atoms with Gasteiger partial charge < -0.3 is 16.0 Å². The zero-order valence-electron chi connectivity index (χ0n) is 17.9. The maximum atomic E-state index is 14.8. The van der Waals surface area contributed by atoms with Gasteiger partial charge in [0, 0.05) is 42.4 Å². The Labute approximate surface area is 194 Å². The fourth-order valence-corrected chi connectivity index (χ4v) is 5.24. The molecule has 1 unspecified atom stereocenters. The summed E-state index contributed by atoms with van der Waals surface area (Å²) < 4.78 is 17.1. The second-order valence-corrected chi connectivity index (χ2v) is 9.56. The molecule has 1 saturated heterocycles. The van der Waals surface area contributed by atoms with E-state index in [1.165, 1.54) is 6.07 Å². The first-order chi connectivity index (χ1) is 15.4. The van der Waals surface area contributed by atoms with E-state index in [-0.39, 0.29) is 23.5 Å². The Morgan fingerprint density at radius 1 is 1.25 bits per heavy atom. The van der Waals surface area contributed by atoms with Gasteiger partial charge in [0.25, 0.3) is 5.56 Å². The van der Waals surface area contributed by atoms with E-state index in [0.717, 1.165) is 49.6 Å². The number of nitrogens with zero attached hydrogens (tertiary/aromatic N) is 4. The third-order valence-electron chi connectivity index (χ3n) is 6.60. The molecular weight excluding hydrogens is 475 g/mol. The molecule has 3 heterocycles. The lowest BCUT2D eigenvalue weighted by atomic mass is 10.1. The highest BCUT2D eigenvalue weighted by Crippen LogP contribution is 2.33. The lowest BCUT2D eigenvalue weighted by Gasteiger charge is -2.20. The number of hydrogen-bond donors (Lipinski definition) is 2. The van der Waals surface area contributed by atoms with Crippen LogP contribution in [0.15, 0.2) is 33.7 Å². The van der Waals surface area contributed by atoms with E-state index >= 15 is 0 Å². The zero-order valence-corrected chi connectivity index (χ0v) is 19.5. The second-order valence-electron chi connectivity index (χ2n) is 8.77. The first-order valence-corrected chi connectivity index (χ1v) is 11.9. The second kappa shape index (κ2) is 8.44. The molecule has 1 aromatic carbocycles. The fourth-order valence-electron chi connectivity index (χ4n) is 4.84. The van der Waals surface area contributed by atoms with Crippen LogP contribution in [0.5, 0.6) is 0 Å². The summed E-state index contributed by atoms with van der Waals surface area (Å²) in [7, 11) is 0. The van der Waals surface area contributed by atoms with Crippen molar-refractivity contribution < 1.29 is 4.39 Å². The molecule has 2 aliphatic rings. The number of anilines is 3. The highest BCUT2D eigenvalue weighted by atomic mass is 79.9. The number of rotatable bonds is 4. The first kappa shape index (κ1) is 21.3. The van der Waals surface area contributed by atoms with Gasteiger partial charge in [0.2, 0.25) is 5.95 Å². The van der Waals surface area contributed by atoms with Crippen LogP contribution >= 0.6 is 15.9 Å². The Balaban J connectivity index is 1.50. The Kier molecular flexibility index (Phi) is 5.63. The molecule has 0 amide bonds. The molecule has 1 saturated carbocycles. The molecule has 7 nitrogen and oxygen atoms in total. The van der Waals surface area contributed by atoms with Gasteiger partial charge in [-0.2, -0.15) is 4.98 Å². The largest absolute Gasteiger partial charge is 0.368 e. The standard InChI is InChI=1S/C23H26BrFN6O/c1-13-17-11-27-23(29-21(17)31(22(32)20(13)24)16-4-2-3-5-16)28-15-6-7-19(18(25)10-15)30-9-8-14(26)12-30/h6-7,10-11,14,16H,2-5,8-9,12,26H2,1H3,(H,27,28,29). The van der Waals surface area contributed by atoms with E-state index in [1.54, 1.807) is 16.8 Å². The van der Waals surface area contributed by atoms with Crippen molar-refractivity contribution in [2.75, 3.05) is 23.3 Å². The molecule has 168 valence electrons.